The molecule has 0 saturated carbocycles. The number of hydrogen-bond donors (Lipinski definition) is 0. The molecule has 0 N–H and O–H groups in total. The zero-order valence-corrected chi connectivity index (χ0v) is 16.9. The molecule has 2 aromatic carbocycles. The van der Waals surface area contributed by atoms with Gasteiger partial charge in [-0.3, -0.25) is 0 Å². The Morgan fingerprint density at radius 2 is 1.62 bits per heavy atom. The van der Waals surface area contributed by atoms with Crippen LogP contribution in [0.5, 0.6) is 0 Å². The molecule has 2 heteroatoms. The molecule has 1 aliphatic rings. The lowest BCUT2D eigenvalue weighted by atomic mass is 9.90. The van der Waals surface area contributed by atoms with Crippen molar-refractivity contribution in [3.8, 4) is 11.3 Å². The molecule has 0 unspecified atom stereocenters. The van der Waals surface area contributed by atoms with E-state index < -0.39 is 0 Å². The highest BCUT2D eigenvalue weighted by Crippen LogP contribution is 2.29. The first-order valence-electron chi connectivity index (χ1n) is 9.73. The number of hydrogen-bond acceptors (Lipinski definition) is 2. The Kier molecular flexibility index (Phi) is 4.95. The van der Waals surface area contributed by atoms with Crippen molar-refractivity contribution in [3.63, 3.8) is 0 Å². The summed E-state index contributed by atoms with van der Waals surface area (Å²) in [5, 5.41) is 3.47. The highest BCUT2D eigenvalue weighted by molar-refractivity contribution is 7.09. The quantitative estimate of drug-likeness (QED) is 0.524. The van der Waals surface area contributed by atoms with Crippen LogP contribution >= 0.6 is 11.3 Å². The van der Waals surface area contributed by atoms with Crippen LogP contribution in [0.15, 0.2) is 35.7 Å². The minimum absolute atomic E-state index is 1.03. The van der Waals surface area contributed by atoms with Crippen LogP contribution in [0.25, 0.3) is 11.3 Å². The number of aryl methyl sites for hydroxylation is 7. The molecular weight excluding hydrogens is 334 g/mol. The number of fused-ring (bicyclic) bond motifs is 1. The van der Waals surface area contributed by atoms with Crippen LogP contribution in [0.2, 0.25) is 0 Å². The molecule has 0 amide bonds. The maximum atomic E-state index is 4.93. The fourth-order valence-corrected chi connectivity index (χ4v) is 4.79. The Morgan fingerprint density at radius 1 is 0.846 bits per heavy atom. The van der Waals surface area contributed by atoms with Gasteiger partial charge in [-0.05, 0) is 92.3 Å². The van der Waals surface area contributed by atoms with Gasteiger partial charge in [0, 0.05) is 17.4 Å². The fourth-order valence-electron chi connectivity index (χ4n) is 3.98. The molecule has 4 rings (SSSR count). The fraction of sp³-hybridized carbons (Fsp3) is 0.375. The number of rotatable bonds is 4. The Balaban J connectivity index is 1.49. The van der Waals surface area contributed by atoms with Crippen molar-refractivity contribution in [2.75, 3.05) is 0 Å². The Hall–Kier alpha value is -1.93. The maximum absolute atomic E-state index is 4.93. The van der Waals surface area contributed by atoms with Crippen LogP contribution in [0.4, 0.5) is 0 Å². The van der Waals surface area contributed by atoms with Crippen LogP contribution in [-0.4, -0.2) is 4.98 Å². The molecule has 0 atom stereocenters. The van der Waals surface area contributed by atoms with Crippen LogP contribution < -0.4 is 0 Å². The van der Waals surface area contributed by atoms with Gasteiger partial charge < -0.3 is 0 Å². The van der Waals surface area contributed by atoms with Gasteiger partial charge in [0.2, 0.25) is 0 Å². The van der Waals surface area contributed by atoms with E-state index in [0.29, 0.717) is 0 Å². The molecule has 0 radical (unpaired) electrons. The second-order valence-electron chi connectivity index (χ2n) is 7.68. The summed E-state index contributed by atoms with van der Waals surface area (Å²) in [6.45, 7) is 6.62. The van der Waals surface area contributed by atoms with Gasteiger partial charge in [-0.15, -0.1) is 11.3 Å². The van der Waals surface area contributed by atoms with Gasteiger partial charge in [0.05, 0.1) is 10.7 Å². The Labute approximate surface area is 161 Å². The third-order valence-electron chi connectivity index (χ3n) is 5.76. The summed E-state index contributed by atoms with van der Waals surface area (Å²) in [7, 11) is 0. The lowest BCUT2D eigenvalue weighted by Gasteiger charge is -2.16. The van der Waals surface area contributed by atoms with Gasteiger partial charge in [-0.25, -0.2) is 4.98 Å². The summed E-state index contributed by atoms with van der Waals surface area (Å²) in [5.74, 6) is 0. The average Bonchev–Trinajstić information content (AvgIpc) is 3.12. The second kappa shape index (κ2) is 7.36. The van der Waals surface area contributed by atoms with E-state index in [2.05, 4.69) is 56.5 Å². The van der Waals surface area contributed by atoms with Crippen LogP contribution in [-0.2, 0) is 25.7 Å². The van der Waals surface area contributed by atoms with Crippen LogP contribution in [0.3, 0.4) is 0 Å². The molecule has 1 heterocycles. The number of nitrogens with zero attached hydrogens (tertiary/aromatic N) is 1. The van der Waals surface area contributed by atoms with Gasteiger partial charge in [0.1, 0.15) is 0 Å². The van der Waals surface area contributed by atoms with Crippen molar-refractivity contribution in [1.29, 1.82) is 0 Å². The van der Waals surface area contributed by atoms with Crippen LogP contribution in [0, 0.1) is 20.8 Å². The van der Waals surface area contributed by atoms with E-state index in [4.69, 9.17) is 4.98 Å². The number of benzene rings is 2. The topological polar surface area (TPSA) is 12.9 Å². The van der Waals surface area contributed by atoms with E-state index in [9.17, 15) is 0 Å². The van der Waals surface area contributed by atoms with E-state index in [-0.39, 0.29) is 0 Å². The molecule has 1 aromatic heterocycles. The summed E-state index contributed by atoms with van der Waals surface area (Å²) in [6, 6.07) is 11.6. The van der Waals surface area contributed by atoms with Crippen molar-refractivity contribution < 1.29 is 0 Å². The monoisotopic (exact) mass is 361 g/mol. The third-order valence-corrected chi connectivity index (χ3v) is 6.67. The highest BCUT2D eigenvalue weighted by atomic mass is 32.1. The SMILES string of the molecule is Cc1cc(C)c(CCc2nc(-c3ccc4c(c3)CCCC4)cs2)cc1C. The van der Waals surface area contributed by atoms with Gasteiger partial charge in [-0.2, -0.15) is 0 Å². The second-order valence-corrected chi connectivity index (χ2v) is 8.62. The van der Waals surface area contributed by atoms with Gasteiger partial charge in [0.15, 0.2) is 0 Å². The molecule has 26 heavy (non-hydrogen) atoms. The Morgan fingerprint density at radius 3 is 2.46 bits per heavy atom. The number of aromatic nitrogens is 1. The minimum atomic E-state index is 1.03. The predicted molar refractivity (Wildman–Crippen MR) is 112 cm³/mol. The van der Waals surface area contributed by atoms with E-state index in [1.165, 1.54) is 64.1 Å². The van der Waals surface area contributed by atoms with E-state index >= 15 is 0 Å². The van der Waals surface area contributed by atoms with Crippen molar-refractivity contribution in [1.82, 2.24) is 4.98 Å². The number of thiazole rings is 1. The lowest BCUT2D eigenvalue weighted by molar-refractivity contribution is 0.686. The molecule has 3 aromatic rings. The lowest BCUT2D eigenvalue weighted by Crippen LogP contribution is -2.02. The first-order valence-corrected chi connectivity index (χ1v) is 10.6. The van der Waals surface area contributed by atoms with E-state index in [0.717, 1.165) is 18.5 Å². The summed E-state index contributed by atoms with van der Waals surface area (Å²) in [4.78, 5) is 4.93. The first-order chi connectivity index (χ1) is 12.6. The molecule has 0 aliphatic heterocycles. The largest absolute Gasteiger partial charge is 0.241 e. The van der Waals surface area contributed by atoms with E-state index in [1.807, 2.05) is 0 Å². The molecule has 0 spiro atoms. The first kappa shape index (κ1) is 17.5. The van der Waals surface area contributed by atoms with Crippen LogP contribution in [0.1, 0.15) is 51.2 Å². The summed E-state index contributed by atoms with van der Waals surface area (Å²) in [5.41, 5.74) is 11.1. The molecule has 0 bridgehead atoms. The predicted octanol–water partition coefficient (Wildman–Crippen LogP) is 6.40. The highest BCUT2D eigenvalue weighted by Gasteiger charge is 2.12. The maximum Gasteiger partial charge on any atom is 0.0935 e. The van der Waals surface area contributed by atoms with Gasteiger partial charge in [-0.1, -0.05) is 24.3 Å². The van der Waals surface area contributed by atoms with Crippen molar-refractivity contribution in [2.24, 2.45) is 0 Å². The molecule has 0 fully saturated rings. The summed E-state index contributed by atoms with van der Waals surface area (Å²) < 4.78 is 0. The zero-order valence-electron chi connectivity index (χ0n) is 16.1. The third kappa shape index (κ3) is 3.61. The van der Waals surface area contributed by atoms with Crippen molar-refractivity contribution in [2.45, 2.75) is 59.3 Å². The zero-order chi connectivity index (χ0) is 18.1. The minimum Gasteiger partial charge on any atom is -0.241 e. The Bertz CT molecular complexity index is 935. The molecule has 1 nitrogen and oxygen atoms in total. The molecule has 134 valence electrons. The van der Waals surface area contributed by atoms with Crippen molar-refractivity contribution in [3.05, 3.63) is 74.1 Å². The summed E-state index contributed by atoms with van der Waals surface area (Å²) in [6.07, 6.45) is 7.24. The summed E-state index contributed by atoms with van der Waals surface area (Å²) >= 11 is 1.80. The average molecular weight is 362 g/mol. The molecule has 0 saturated heterocycles. The molecule has 1 aliphatic carbocycles. The standard InChI is InChI=1S/C24H27NS/c1-16-12-18(3)20(13-17(16)2)10-11-24-25-23(15-26-24)22-9-8-19-6-4-5-7-21(19)14-22/h8-9,12-15H,4-7,10-11H2,1-3H3. The van der Waals surface area contributed by atoms with Gasteiger partial charge in [0.25, 0.3) is 0 Å². The molecular formula is C24H27NS. The normalized spacial score (nSPS) is 13.7. The van der Waals surface area contributed by atoms with Gasteiger partial charge >= 0.3 is 0 Å². The van der Waals surface area contributed by atoms with E-state index in [1.54, 1.807) is 16.9 Å². The smallest absolute Gasteiger partial charge is 0.0935 e. The van der Waals surface area contributed by atoms with Crippen molar-refractivity contribution >= 4 is 11.3 Å².